The van der Waals surface area contributed by atoms with Crippen LogP contribution in [0.5, 0.6) is 0 Å². The first-order valence-corrected chi connectivity index (χ1v) is 42.1. The summed E-state index contributed by atoms with van der Waals surface area (Å²) in [4.78, 5) is 82.7. The summed E-state index contributed by atoms with van der Waals surface area (Å²) >= 11 is 0. The van der Waals surface area contributed by atoms with Gasteiger partial charge in [0.15, 0.2) is 29.1 Å². The fourth-order valence-electron chi connectivity index (χ4n) is 12.9. The van der Waals surface area contributed by atoms with Crippen molar-refractivity contribution >= 4 is 107 Å². The van der Waals surface area contributed by atoms with Gasteiger partial charge in [0.1, 0.15) is 73.8 Å². The zero-order valence-corrected chi connectivity index (χ0v) is 63.9. The summed E-state index contributed by atoms with van der Waals surface area (Å²) in [5.74, 6) is -11.6. The van der Waals surface area contributed by atoms with Gasteiger partial charge in [-0.15, -0.1) is 0 Å². The Morgan fingerprint density at radius 2 is 0.777 bits per heavy atom. The van der Waals surface area contributed by atoms with E-state index in [4.69, 9.17) is 0 Å². The largest absolute Gasteiger partial charge is 0.419 e. The van der Waals surface area contributed by atoms with Gasteiger partial charge < -0.3 is 60.3 Å². The Balaban J connectivity index is 0.000000178. The van der Waals surface area contributed by atoms with Crippen LogP contribution < -0.4 is 62.6 Å². The third kappa shape index (κ3) is 18.6. The minimum absolute atomic E-state index is 0.0111. The van der Waals surface area contributed by atoms with Crippen LogP contribution in [0, 0.1) is 73.1 Å². The molecular formula is C78H73F12N10O9P3. The summed E-state index contributed by atoms with van der Waals surface area (Å²) in [5.41, 5.74) is -1.67. The number of rotatable bonds is 15. The second kappa shape index (κ2) is 33.5. The highest BCUT2D eigenvalue weighted by atomic mass is 31.2. The van der Waals surface area contributed by atoms with Crippen LogP contribution in [0.2, 0.25) is 0 Å². The zero-order valence-electron chi connectivity index (χ0n) is 61.2. The number of benzene rings is 8. The van der Waals surface area contributed by atoms with Crippen molar-refractivity contribution in [2.45, 2.75) is 64.3 Å². The summed E-state index contributed by atoms with van der Waals surface area (Å²) in [6.45, 7) is 13.4. The average Bonchev–Trinajstić information content (AvgIpc) is 0.894. The van der Waals surface area contributed by atoms with Gasteiger partial charge in [0.05, 0.1) is 39.4 Å². The first kappa shape index (κ1) is 83.5. The summed E-state index contributed by atoms with van der Waals surface area (Å²) < 4.78 is 213. The molecule has 0 radical (unpaired) electrons. The van der Waals surface area contributed by atoms with Crippen LogP contribution in [0.4, 0.5) is 101 Å². The molecule has 9 amide bonds. The maximum absolute atomic E-state index is 15.6. The molecule has 0 saturated carbocycles. The number of hydrogen-bond acceptors (Lipinski definition) is 10. The van der Waals surface area contributed by atoms with Crippen LogP contribution in [-0.2, 0) is 34.3 Å². The Hall–Kier alpha value is -11.0. The molecule has 12 rings (SSSR count). The fourth-order valence-corrected chi connectivity index (χ4v) is 16.7. The van der Waals surface area contributed by atoms with Crippen molar-refractivity contribution < 1.29 is 95.1 Å². The number of alkyl halides is 3. The number of urea groups is 3. The van der Waals surface area contributed by atoms with Crippen LogP contribution in [0.15, 0.2) is 152 Å². The second-order valence-corrected chi connectivity index (χ2v) is 37.1. The summed E-state index contributed by atoms with van der Waals surface area (Å²) in [6, 6.07) is 26.6. The maximum atomic E-state index is 15.6. The minimum atomic E-state index is -5.13. The molecule has 3 fully saturated rings. The number of aromatic nitrogens is 1. The molecule has 3 saturated heterocycles. The Morgan fingerprint density at radius 1 is 0.402 bits per heavy atom. The van der Waals surface area contributed by atoms with E-state index >= 15 is 22.0 Å². The van der Waals surface area contributed by atoms with Crippen molar-refractivity contribution in [3.63, 3.8) is 0 Å². The van der Waals surface area contributed by atoms with Gasteiger partial charge in [0.25, 0.3) is 0 Å². The van der Waals surface area contributed by atoms with Crippen LogP contribution in [0.1, 0.15) is 41.5 Å². The van der Waals surface area contributed by atoms with Gasteiger partial charge in [-0.2, -0.15) is 13.2 Å². The molecule has 34 heteroatoms. The molecule has 0 spiro atoms. The molecular weight excluding hydrogens is 1540 g/mol. The highest BCUT2D eigenvalue weighted by molar-refractivity contribution is 7.71. The van der Waals surface area contributed by atoms with E-state index in [1.807, 2.05) is 0 Å². The van der Waals surface area contributed by atoms with Gasteiger partial charge >= 0.3 is 24.3 Å². The lowest BCUT2D eigenvalue weighted by molar-refractivity contribution is -0.139. The monoisotopic (exact) mass is 1610 g/mol. The minimum Gasteiger partial charge on any atom is -0.326 e. The summed E-state index contributed by atoms with van der Waals surface area (Å²) in [7, 11) is -9.10. The maximum Gasteiger partial charge on any atom is 0.419 e. The van der Waals surface area contributed by atoms with Gasteiger partial charge in [0.2, 0.25) is 17.7 Å². The number of nitrogens with one attached hydrogen (secondary N) is 6. The van der Waals surface area contributed by atoms with Crippen molar-refractivity contribution in [1.82, 2.24) is 20.9 Å². The lowest BCUT2D eigenvalue weighted by Crippen LogP contribution is -2.43. The molecule has 588 valence electrons. The van der Waals surface area contributed by atoms with Crippen LogP contribution in [-0.4, -0.2) is 119 Å². The van der Waals surface area contributed by atoms with E-state index < -0.39 is 151 Å². The van der Waals surface area contributed by atoms with Crippen LogP contribution in [0.25, 0.3) is 33.4 Å². The predicted octanol–water partition coefficient (Wildman–Crippen LogP) is 16.2. The van der Waals surface area contributed by atoms with Crippen LogP contribution >= 0.6 is 21.4 Å². The highest BCUT2D eigenvalue weighted by Crippen LogP contribution is 2.47. The van der Waals surface area contributed by atoms with Gasteiger partial charge in [-0.3, -0.25) is 19.4 Å². The summed E-state index contributed by atoms with van der Waals surface area (Å²) in [5, 5.41) is 14.2. The Kier molecular flexibility index (Phi) is 25.0. The zero-order chi connectivity index (χ0) is 82.0. The van der Waals surface area contributed by atoms with Gasteiger partial charge in [-0.05, 0) is 192 Å². The van der Waals surface area contributed by atoms with E-state index in [0.29, 0.717) is 16.7 Å². The number of halogens is 12. The van der Waals surface area contributed by atoms with E-state index in [9.17, 15) is 73.2 Å². The van der Waals surface area contributed by atoms with E-state index in [2.05, 4.69) is 36.9 Å². The number of aryl methyl sites for hydroxylation is 3. The molecule has 0 bridgehead atoms. The molecule has 3 aliphatic rings. The topological polar surface area (TPSA) is 248 Å². The lowest BCUT2D eigenvalue weighted by Gasteiger charge is -2.23. The standard InChI is InChI=1S/C27H25F5N3O3P.C26H24F4N3O3P.C25H24F3N4O3P/c1-15-8-10-19(18(28)14-15)33-26(37)34-20-12-13-35(25(20)36)21-11-9-17(23(24(21)29)27(30,31)32)16-6-4-5-7-22(16)39(2,3)38;1-14-7-9-19(18(28)13-14)31-26(35)32-20-11-12-33(25(20)34)21-10-8-15(22(29)23(21)30)16-5-4-6-17(27)24(16)37(2,3)36;1-14-6-8-18(17(26)13-14)30-25(34)31-19-10-12-32(24(19)33)20-9-7-15(21(27)22(20)28)16-5-4-11-29-23(16)36(2,3)35/h4-11,14,20H,12-13H2,1-3H3,(H2,33,34,37);4-10,13,20H,11-12H2,1-3H3,(H2,31,32,35);4-9,11,13,19H,10,12H2,1-3H3,(H2,30,31,34)/t2*20-;19-/m111/s1. The van der Waals surface area contributed by atoms with E-state index in [0.717, 1.165) is 32.9 Å². The smallest absolute Gasteiger partial charge is 0.326 e. The highest BCUT2D eigenvalue weighted by Gasteiger charge is 2.44. The molecule has 0 aliphatic carbocycles. The third-order valence-electron chi connectivity index (χ3n) is 18.2. The fraction of sp³-hybridized carbons (Fsp3) is 0.244. The number of carbonyl (C=O) groups is 6. The number of nitrogens with zero attached hydrogens (tertiary/aromatic N) is 4. The molecule has 3 atom stereocenters. The number of pyridine rings is 1. The van der Waals surface area contributed by atoms with E-state index in [1.54, 1.807) is 39.0 Å². The summed E-state index contributed by atoms with van der Waals surface area (Å²) in [6.07, 6.45) is -3.46. The second-order valence-electron chi connectivity index (χ2n) is 27.7. The van der Waals surface area contributed by atoms with Gasteiger partial charge in [0, 0.05) is 47.8 Å². The lowest BCUT2D eigenvalue weighted by atomic mass is 9.97. The first-order chi connectivity index (χ1) is 52.5. The Morgan fingerprint density at radius 3 is 1.16 bits per heavy atom. The number of carbonyl (C=O) groups excluding carboxylic acids is 6. The number of hydrogen-bond donors (Lipinski definition) is 6. The van der Waals surface area contributed by atoms with Gasteiger partial charge in [-0.25, -0.2) is 53.9 Å². The van der Waals surface area contributed by atoms with Crippen molar-refractivity contribution in [3.8, 4) is 33.4 Å². The van der Waals surface area contributed by atoms with Gasteiger partial charge in [-0.1, -0.05) is 66.7 Å². The first-order valence-electron chi connectivity index (χ1n) is 34.3. The molecule has 1 aromatic heterocycles. The molecule has 6 N–H and O–H groups in total. The SMILES string of the molecule is Cc1ccc(NC(=O)N[C@@H]2CCN(c3ccc(-c4cccc(F)c4P(C)(C)=O)c(F)c3F)C2=O)c(F)c1.Cc1ccc(NC(=O)N[C@@H]2CCN(c3ccc(-c4ccccc4P(C)(C)=O)c(C(F)(F)F)c3F)C2=O)c(F)c1.Cc1ccc(NC(=O)N[C@@H]2CCN(c3ccc(-c4cccnc4P(C)(C)=O)c(F)c3F)C2=O)c(F)c1. The molecule has 8 aromatic carbocycles. The Bertz CT molecular complexity index is 5410. The number of amides is 9. The average molecular weight is 1620 g/mol. The van der Waals surface area contributed by atoms with Crippen molar-refractivity contribution in [2.75, 3.05) is 90.3 Å². The molecule has 3 aliphatic heterocycles. The molecule has 4 heterocycles. The molecule has 9 aromatic rings. The van der Waals surface area contributed by atoms with Crippen molar-refractivity contribution in [3.05, 3.63) is 226 Å². The van der Waals surface area contributed by atoms with E-state index in [-0.39, 0.29) is 111 Å². The third-order valence-corrected chi connectivity index (χ3v) is 22.7. The molecule has 19 nitrogen and oxygen atoms in total. The quantitative estimate of drug-likeness (QED) is 0.0418. The molecule has 0 unspecified atom stereocenters. The van der Waals surface area contributed by atoms with E-state index in [1.165, 1.54) is 155 Å². The van der Waals surface area contributed by atoms with Crippen molar-refractivity contribution in [2.24, 2.45) is 0 Å². The Labute approximate surface area is 635 Å². The van der Waals surface area contributed by atoms with Crippen LogP contribution in [0.3, 0.4) is 0 Å². The normalized spacial score (nSPS) is 15.8. The van der Waals surface area contributed by atoms with Crippen molar-refractivity contribution in [1.29, 1.82) is 0 Å². The number of anilines is 6. The predicted molar refractivity (Wildman–Crippen MR) is 408 cm³/mol. The molecule has 112 heavy (non-hydrogen) atoms.